The van der Waals surface area contributed by atoms with E-state index in [1.807, 2.05) is 0 Å². The molecule has 1 aliphatic heterocycles. The number of carbonyl (C=O) groups is 1. The van der Waals surface area contributed by atoms with Crippen molar-refractivity contribution < 1.29 is 39.8 Å². The molecule has 0 radical (unpaired) electrons. The van der Waals surface area contributed by atoms with E-state index in [0.29, 0.717) is 12.8 Å². The highest BCUT2D eigenvalue weighted by Gasteiger charge is 2.44. The summed E-state index contributed by atoms with van der Waals surface area (Å²) in [5, 5.41) is 54.1. The zero-order chi connectivity index (χ0) is 39.5. The molecule has 0 aliphatic carbocycles. The Labute approximate surface area is 331 Å². The van der Waals surface area contributed by atoms with Crippen molar-refractivity contribution in [3.8, 4) is 0 Å². The number of rotatable bonds is 38. The molecule has 0 aromatic heterocycles. The third-order valence-electron chi connectivity index (χ3n) is 11.1. The molecule has 54 heavy (non-hydrogen) atoms. The Hall–Kier alpha value is -1.07. The molecule has 1 aliphatic rings. The average molecular weight is 770 g/mol. The third-order valence-corrected chi connectivity index (χ3v) is 11.1. The van der Waals surface area contributed by atoms with Crippen LogP contribution in [0.3, 0.4) is 0 Å². The van der Waals surface area contributed by atoms with Crippen LogP contribution in [0.2, 0.25) is 0 Å². The van der Waals surface area contributed by atoms with Crippen molar-refractivity contribution in [1.82, 2.24) is 5.32 Å². The highest BCUT2D eigenvalue weighted by atomic mass is 16.7. The Morgan fingerprint density at radius 2 is 1.04 bits per heavy atom. The second-order valence-corrected chi connectivity index (χ2v) is 16.2. The van der Waals surface area contributed by atoms with Crippen LogP contribution >= 0.6 is 0 Å². The van der Waals surface area contributed by atoms with Crippen LogP contribution in [0.5, 0.6) is 0 Å². The minimum atomic E-state index is -1.55. The minimum absolute atomic E-state index is 0.136. The van der Waals surface area contributed by atoms with Crippen LogP contribution < -0.4 is 5.32 Å². The molecule has 0 bridgehead atoms. The Kier molecular flexibility index (Phi) is 34.2. The van der Waals surface area contributed by atoms with Crippen LogP contribution in [0.25, 0.3) is 0 Å². The summed E-state index contributed by atoms with van der Waals surface area (Å²) in [5.41, 5.74) is 0. The lowest BCUT2D eigenvalue weighted by Crippen LogP contribution is -2.60. The normalized spacial score (nSPS) is 21.5. The van der Waals surface area contributed by atoms with Crippen molar-refractivity contribution in [2.75, 3.05) is 13.2 Å². The summed E-state index contributed by atoms with van der Waals surface area (Å²) in [4.78, 5) is 12.9. The maximum Gasteiger partial charge on any atom is 0.220 e. The molecule has 1 amide bonds. The number of hydrogen-bond acceptors (Lipinski definition) is 8. The molecule has 7 atom stereocenters. The molecule has 6 N–H and O–H groups in total. The first-order valence-corrected chi connectivity index (χ1v) is 22.9. The van der Waals surface area contributed by atoms with Gasteiger partial charge >= 0.3 is 0 Å². The van der Waals surface area contributed by atoms with Gasteiger partial charge in [0.15, 0.2) is 6.29 Å². The van der Waals surface area contributed by atoms with Gasteiger partial charge in [-0.25, -0.2) is 0 Å². The summed E-state index contributed by atoms with van der Waals surface area (Å²) in [6, 6.07) is -0.713. The van der Waals surface area contributed by atoms with Gasteiger partial charge in [-0.2, -0.15) is 0 Å². The zero-order valence-electron chi connectivity index (χ0n) is 35.0. The Morgan fingerprint density at radius 3 is 1.50 bits per heavy atom. The van der Waals surface area contributed by atoms with Crippen LogP contribution in [-0.4, -0.2) is 87.5 Å². The number of carbonyl (C=O) groups excluding carboxylic acids is 1. The largest absolute Gasteiger partial charge is 0.394 e. The van der Waals surface area contributed by atoms with Crippen molar-refractivity contribution in [2.45, 2.75) is 256 Å². The molecule has 9 heteroatoms. The van der Waals surface area contributed by atoms with Crippen molar-refractivity contribution in [3.05, 3.63) is 12.2 Å². The van der Waals surface area contributed by atoms with Gasteiger partial charge < -0.3 is 40.3 Å². The van der Waals surface area contributed by atoms with Crippen LogP contribution in [0, 0.1) is 0 Å². The summed E-state index contributed by atoms with van der Waals surface area (Å²) >= 11 is 0. The van der Waals surface area contributed by atoms with E-state index in [9.17, 15) is 30.3 Å². The number of amides is 1. The van der Waals surface area contributed by atoms with Gasteiger partial charge in [0.2, 0.25) is 5.91 Å². The number of aliphatic hydroxyl groups is 5. The smallest absolute Gasteiger partial charge is 0.220 e. The molecule has 9 nitrogen and oxygen atoms in total. The van der Waals surface area contributed by atoms with E-state index in [-0.39, 0.29) is 12.5 Å². The molecule has 1 heterocycles. The van der Waals surface area contributed by atoms with Crippen molar-refractivity contribution in [2.24, 2.45) is 0 Å². The molecular weight excluding hydrogens is 682 g/mol. The fraction of sp³-hybridized carbons (Fsp3) is 0.933. The van der Waals surface area contributed by atoms with E-state index < -0.39 is 49.5 Å². The van der Waals surface area contributed by atoms with Gasteiger partial charge in [0.05, 0.1) is 25.4 Å². The van der Waals surface area contributed by atoms with Crippen molar-refractivity contribution in [3.63, 3.8) is 0 Å². The first kappa shape index (κ1) is 50.9. The highest BCUT2D eigenvalue weighted by Crippen LogP contribution is 2.23. The number of unbranched alkanes of at least 4 members (excludes halogenated alkanes) is 26. The van der Waals surface area contributed by atoms with E-state index in [2.05, 4.69) is 31.3 Å². The Morgan fingerprint density at radius 1 is 0.611 bits per heavy atom. The maximum atomic E-state index is 12.9. The van der Waals surface area contributed by atoms with E-state index in [4.69, 9.17) is 9.47 Å². The van der Waals surface area contributed by atoms with Gasteiger partial charge in [0.25, 0.3) is 0 Å². The lowest BCUT2D eigenvalue weighted by molar-refractivity contribution is -0.302. The molecule has 1 fully saturated rings. The second-order valence-electron chi connectivity index (χ2n) is 16.2. The topological polar surface area (TPSA) is 149 Å². The number of allylic oxidation sites excluding steroid dienone is 2. The van der Waals surface area contributed by atoms with Crippen LogP contribution in [0.15, 0.2) is 12.2 Å². The van der Waals surface area contributed by atoms with Gasteiger partial charge in [-0.1, -0.05) is 180 Å². The summed E-state index contributed by atoms with van der Waals surface area (Å²) in [5.74, 6) is -0.147. The standard InChI is InChI=1S/C45H87NO8/c1-3-5-7-9-11-13-14-15-16-17-18-19-20-21-22-23-24-25-26-27-29-31-33-35-41(49)46-38(39(48)34-32-30-28-12-10-8-6-4-2)37-53-45-44(52)43(51)42(50)40(36-47)54-45/h17-18,38-40,42-45,47-48,50-52H,3-16,19-37H2,1-2H3,(H,46,49)/b18-17-. The number of aliphatic hydroxyl groups excluding tert-OH is 5. The SMILES string of the molecule is CCCCCCCCCC/C=C\CCCCCCCCCCCCCC(=O)NC(COC1OC(CO)C(O)C(O)C1O)C(O)CCCCCCCCCC. The first-order chi connectivity index (χ1) is 26.3. The fourth-order valence-corrected chi connectivity index (χ4v) is 7.39. The zero-order valence-corrected chi connectivity index (χ0v) is 35.0. The quantitative estimate of drug-likeness (QED) is 0.0269. The van der Waals surface area contributed by atoms with Crippen LogP contribution in [0.1, 0.15) is 213 Å². The molecule has 0 aromatic rings. The number of nitrogens with one attached hydrogen (secondary N) is 1. The molecule has 0 aromatic carbocycles. The summed E-state index contributed by atoms with van der Waals surface area (Å²) < 4.78 is 11.2. The third kappa shape index (κ3) is 26.7. The average Bonchev–Trinajstić information content (AvgIpc) is 3.17. The van der Waals surface area contributed by atoms with E-state index in [1.54, 1.807) is 0 Å². The molecule has 0 saturated carbocycles. The van der Waals surface area contributed by atoms with Gasteiger partial charge in [-0.15, -0.1) is 0 Å². The fourth-order valence-electron chi connectivity index (χ4n) is 7.39. The highest BCUT2D eigenvalue weighted by molar-refractivity contribution is 5.76. The lowest BCUT2D eigenvalue weighted by atomic mass is 9.99. The molecule has 1 rings (SSSR count). The molecule has 0 spiro atoms. The summed E-state index contributed by atoms with van der Waals surface area (Å²) in [6.07, 6.45) is 33.9. The molecule has 7 unspecified atom stereocenters. The summed E-state index contributed by atoms with van der Waals surface area (Å²) in [7, 11) is 0. The Bertz CT molecular complexity index is 858. The first-order valence-electron chi connectivity index (χ1n) is 22.9. The van der Waals surface area contributed by atoms with Gasteiger partial charge in [-0.05, 0) is 38.5 Å². The summed E-state index contributed by atoms with van der Waals surface area (Å²) in [6.45, 7) is 3.80. The van der Waals surface area contributed by atoms with E-state index in [1.165, 1.54) is 148 Å². The Balaban J connectivity index is 2.20. The lowest BCUT2D eigenvalue weighted by Gasteiger charge is -2.40. The molecule has 320 valence electrons. The maximum absolute atomic E-state index is 12.9. The van der Waals surface area contributed by atoms with E-state index in [0.717, 1.165) is 38.5 Å². The van der Waals surface area contributed by atoms with Crippen molar-refractivity contribution >= 4 is 5.91 Å². The monoisotopic (exact) mass is 770 g/mol. The predicted octanol–water partition coefficient (Wildman–Crippen LogP) is 9.34. The van der Waals surface area contributed by atoms with E-state index >= 15 is 0 Å². The molecule has 1 saturated heterocycles. The van der Waals surface area contributed by atoms with Crippen molar-refractivity contribution in [1.29, 1.82) is 0 Å². The number of ether oxygens (including phenoxy) is 2. The second kappa shape index (κ2) is 36.3. The molecular formula is C45H87NO8. The van der Waals surface area contributed by atoms with Gasteiger partial charge in [0, 0.05) is 6.42 Å². The van der Waals surface area contributed by atoms with Gasteiger partial charge in [0.1, 0.15) is 24.4 Å². The van der Waals surface area contributed by atoms with Crippen LogP contribution in [0.4, 0.5) is 0 Å². The number of hydrogen-bond donors (Lipinski definition) is 6. The van der Waals surface area contributed by atoms with Crippen LogP contribution in [-0.2, 0) is 14.3 Å². The minimum Gasteiger partial charge on any atom is -0.394 e. The predicted molar refractivity (Wildman–Crippen MR) is 221 cm³/mol. The van der Waals surface area contributed by atoms with Gasteiger partial charge in [-0.3, -0.25) is 4.79 Å².